The number of nitrogen functional groups attached to an aromatic ring is 1. The molecule has 9 heteroatoms. The van der Waals surface area contributed by atoms with Gasteiger partial charge in [-0.2, -0.15) is 0 Å². The normalized spacial score (nSPS) is 11.1. The number of benzene rings is 1. The molecule has 0 saturated carbocycles. The number of rotatable bonds is 7. The molecule has 25 heavy (non-hydrogen) atoms. The van der Waals surface area contributed by atoms with Gasteiger partial charge in [0, 0.05) is 17.9 Å². The van der Waals surface area contributed by atoms with Crippen molar-refractivity contribution in [1.82, 2.24) is 19.5 Å². The van der Waals surface area contributed by atoms with Crippen LogP contribution in [0, 0.1) is 10.1 Å². The zero-order chi connectivity index (χ0) is 17.8. The summed E-state index contributed by atoms with van der Waals surface area (Å²) in [6.07, 6.45) is 3.87. The minimum Gasteiger partial charge on any atom is -0.382 e. The van der Waals surface area contributed by atoms with Crippen LogP contribution in [0.4, 0.5) is 11.5 Å². The number of imidazole rings is 1. The topological polar surface area (TPSA) is 113 Å². The lowest BCUT2D eigenvalue weighted by molar-refractivity contribution is -0.384. The Morgan fingerprint density at radius 3 is 2.72 bits per heavy atom. The molecule has 2 aromatic heterocycles. The van der Waals surface area contributed by atoms with Crippen LogP contribution < -0.4 is 5.73 Å². The third-order valence-corrected chi connectivity index (χ3v) is 4.63. The maximum absolute atomic E-state index is 10.7. The van der Waals surface area contributed by atoms with Crippen LogP contribution in [0.2, 0.25) is 0 Å². The predicted molar refractivity (Wildman–Crippen MR) is 97.6 cm³/mol. The molecule has 2 heterocycles. The Kier molecular flexibility index (Phi) is 5.13. The number of nitro groups is 1. The van der Waals surface area contributed by atoms with E-state index in [4.69, 9.17) is 5.73 Å². The van der Waals surface area contributed by atoms with Crippen molar-refractivity contribution in [3.63, 3.8) is 0 Å². The first kappa shape index (κ1) is 17.2. The van der Waals surface area contributed by atoms with Gasteiger partial charge in [-0.1, -0.05) is 37.2 Å². The number of unbranched alkanes of at least 4 members (excludes halogenated alkanes) is 1. The lowest BCUT2D eigenvalue weighted by Crippen LogP contribution is -2.02. The minimum absolute atomic E-state index is 0.0698. The highest BCUT2D eigenvalue weighted by molar-refractivity contribution is 7.99. The van der Waals surface area contributed by atoms with Gasteiger partial charge in [-0.15, -0.1) is 0 Å². The summed E-state index contributed by atoms with van der Waals surface area (Å²) < 4.78 is 1.87. The van der Waals surface area contributed by atoms with E-state index < -0.39 is 4.92 Å². The number of nitrogens with zero attached hydrogens (tertiary/aromatic N) is 5. The van der Waals surface area contributed by atoms with Crippen molar-refractivity contribution in [2.75, 3.05) is 11.5 Å². The summed E-state index contributed by atoms with van der Waals surface area (Å²) in [5.74, 6) is 1.31. The Bertz CT molecular complexity index is 894. The van der Waals surface area contributed by atoms with Gasteiger partial charge in [-0.05, 0) is 12.0 Å². The average molecular weight is 358 g/mol. The van der Waals surface area contributed by atoms with Gasteiger partial charge in [0.2, 0.25) is 0 Å². The molecule has 0 aliphatic heterocycles. The highest BCUT2D eigenvalue weighted by Gasteiger charge is 2.12. The number of nitro benzene ring substituents is 1. The molecule has 0 aliphatic carbocycles. The number of hydrogen-bond acceptors (Lipinski definition) is 7. The number of anilines is 1. The highest BCUT2D eigenvalue weighted by atomic mass is 32.2. The van der Waals surface area contributed by atoms with E-state index in [-0.39, 0.29) is 5.69 Å². The first-order chi connectivity index (χ1) is 12.1. The Labute approximate surface area is 148 Å². The SMILES string of the molecule is CCCCSc1nc(N)c2ncn(Cc3ccc([N+](=O)[O-])cc3)c2n1. The fourth-order valence-electron chi connectivity index (χ4n) is 2.35. The van der Waals surface area contributed by atoms with E-state index in [0.717, 1.165) is 24.2 Å². The van der Waals surface area contributed by atoms with Crippen LogP contribution in [-0.4, -0.2) is 30.2 Å². The lowest BCUT2D eigenvalue weighted by Gasteiger charge is -2.06. The van der Waals surface area contributed by atoms with Crippen molar-refractivity contribution in [1.29, 1.82) is 0 Å². The number of nitrogens with two attached hydrogens (primary N) is 1. The molecule has 3 aromatic rings. The van der Waals surface area contributed by atoms with Gasteiger partial charge >= 0.3 is 0 Å². The van der Waals surface area contributed by atoms with Gasteiger partial charge in [0.25, 0.3) is 5.69 Å². The largest absolute Gasteiger partial charge is 0.382 e. The van der Waals surface area contributed by atoms with Crippen LogP contribution in [-0.2, 0) is 6.54 Å². The molecule has 0 amide bonds. The Balaban J connectivity index is 1.86. The zero-order valence-electron chi connectivity index (χ0n) is 13.8. The molecular weight excluding hydrogens is 340 g/mol. The maximum atomic E-state index is 10.7. The van der Waals surface area contributed by atoms with E-state index in [2.05, 4.69) is 21.9 Å². The van der Waals surface area contributed by atoms with Crippen molar-refractivity contribution in [3.8, 4) is 0 Å². The standard InChI is InChI=1S/C16H18N6O2S/c1-2-3-8-25-16-19-14(17)13-15(20-16)21(10-18-13)9-11-4-6-12(7-5-11)22(23)24/h4-7,10H,2-3,8-9H2,1H3,(H2,17,19,20). The smallest absolute Gasteiger partial charge is 0.269 e. The van der Waals surface area contributed by atoms with Gasteiger partial charge < -0.3 is 10.3 Å². The van der Waals surface area contributed by atoms with Crippen molar-refractivity contribution in [2.24, 2.45) is 0 Å². The molecule has 0 unspecified atom stereocenters. The lowest BCUT2D eigenvalue weighted by atomic mass is 10.2. The molecule has 0 aliphatic rings. The van der Waals surface area contributed by atoms with E-state index in [1.165, 1.54) is 12.1 Å². The van der Waals surface area contributed by atoms with Crippen LogP contribution in [0.25, 0.3) is 11.2 Å². The van der Waals surface area contributed by atoms with Crippen molar-refractivity contribution >= 4 is 34.4 Å². The average Bonchev–Trinajstić information content (AvgIpc) is 2.99. The van der Waals surface area contributed by atoms with Crippen LogP contribution in [0.5, 0.6) is 0 Å². The fourth-order valence-corrected chi connectivity index (χ4v) is 3.28. The first-order valence-electron chi connectivity index (χ1n) is 7.93. The summed E-state index contributed by atoms with van der Waals surface area (Å²) >= 11 is 1.58. The quantitative estimate of drug-likeness (QED) is 0.227. The second kappa shape index (κ2) is 7.47. The van der Waals surface area contributed by atoms with Gasteiger partial charge in [0.15, 0.2) is 16.6 Å². The van der Waals surface area contributed by atoms with E-state index in [1.54, 1.807) is 30.2 Å². The molecule has 3 rings (SSSR count). The van der Waals surface area contributed by atoms with Crippen LogP contribution in [0.3, 0.4) is 0 Å². The summed E-state index contributed by atoms with van der Waals surface area (Å²) in [7, 11) is 0. The monoisotopic (exact) mass is 358 g/mol. The number of thioether (sulfide) groups is 1. The third-order valence-electron chi connectivity index (χ3n) is 3.70. The van der Waals surface area contributed by atoms with Crippen LogP contribution in [0.1, 0.15) is 25.3 Å². The number of aromatic nitrogens is 4. The van der Waals surface area contributed by atoms with E-state index in [9.17, 15) is 10.1 Å². The summed E-state index contributed by atoms with van der Waals surface area (Å²) in [4.78, 5) is 23.5. The molecule has 0 bridgehead atoms. The first-order valence-corrected chi connectivity index (χ1v) is 8.91. The fraction of sp³-hybridized carbons (Fsp3) is 0.312. The molecule has 0 saturated heterocycles. The van der Waals surface area contributed by atoms with Gasteiger partial charge in [-0.3, -0.25) is 10.1 Å². The molecule has 0 atom stereocenters. The third kappa shape index (κ3) is 3.87. The molecule has 0 radical (unpaired) electrons. The van der Waals surface area contributed by atoms with Crippen LogP contribution in [0.15, 0.2) is 35.7 Å². The minimum atomic E-state index is -0.413. The number of hydrogen-bond donors (Lipinski definition) is 1. The zero-order valence-corrected chi connectivity index (χ0v) is 14.6. The molecule has 8 nitrogen and oxygen atoms in total. The summed E-state index contributed by atoms with van der Waals surface area (Å²) in [5, 5.41) is 11.4. The van der Waals surface area contributed by atoms with E-state index in [0.29, 0.717) is 28.7 Å². The van der Waals surface area contributed by atoms with Crippen molar-refractivity contribution in [3.05, 3.63) is 46.3 Å². The van der Waals surface area contributed by atoms with E-state index in [1.807, 2.05) is 4.57 Å². The summed E-state index contributed by atoms with van der Waals surface area (Å²) in [6.45, 7) is 2.64. The van der Waals surface area contributed by atoms with Gasteiger partial charge in [0.05, 0.1) is 17.8 Å². The summed E-state index contributed by atoms with van der Waals surface area (Å²) in [6, 6.07) is 6.44. The van der Waals surface area contributed by atoms with Gasteiger partial charge in [-0.25, -0.2) is 15.0 Å². The molecule has 1 aromatic carbocycles. The molecule has 2 N–H and O–H groups in total. The number of non-ortho nitro benzene ring substituents is 1. The second-order valence-corrected chi connectivity index (χ2v) is 6.62. The predicted octanol–water partition coefficient (Wildman–Crippen LogP) is 3.26. The second-order valence-electron chi connectivity index (χ2n) is 5.56. The Morgan fingerprint density at radius 1 is 1.28 bits per heavy atom. The Hall–Kier alpha value is -2.68. The molecular formula is C16H18N6O2S. The maximum Gasteiger partial charge on any atom is 0.269 e. The summed E-state index contributed by atoms with van der Waals surface area (Å²) in [5.41, 5.74) is 8.24. The Morgan fingerprint density at radius 2 is 2.04 bits per heavy atom. The van der Waals surface area contributed by atoms with Crippen molar-refractivity contribution < 1.29 is 4.92 Å². The van der Waals surface area contributed by atoms with Crippen LogP contribution >= 0.6 is 11.8 Å². The molecule has 0 spiro atoms. The van der Waals surface area contributed by atoms with Crippen molar-refractivity contribution in [2.45, 2.75) is 31.5 Å². The molecule has 0 fully saturated rings. The van der Waals surface area contributed by atoms with Gasteiger partial charge in [0.1, 0.15) is 5.52 Å². The van der Waals surface area contributed by atoms with E-state index >= 15 is 0 Å². The molecule has 130 valence electrons. The highest BCUT2D eigenvalue weighted by Crippen LogP contribution is 2.23. The number of fused-ring (bicyclic) bond motifs is 1.